The van der Waals surface area contributed by atoms with Gasteiger partial charge in [0.05, 0.1) is 18.1 Å². The molecule has 1 unspecified atom stereocenters. The molecule has 0 saturated carbocycles. The summed E-state index contributed by atoms with van der Waals surface area (Å²) < 4.78 is 32.9. The molecule has 0 spiro atoms. The predicted molar refractivity (Wildman–Crippen MR) is 102 cm³/mol. The summed E-state index contributed by atoms with van der Waals surface area (Å²) in [6.07, 6.45) is 0.884. The Bertz CT molecular complexity index is 918. The summed E-state index contributed by atoms with van der Waals surface area (Å²) in [5.74, 6) is 0.137. The highest BCUT2D eigenvalue weighted by Gasteiger charge is 2.27. The van der Waals surface area contributed by atoms with Gasteiger partial charge in [0.15, 0.2) is 0 Å². The number of nitrogens with zero attached hydrogens (tertiary/aromatic N) is 2. The van der Waals surface area contributed by atoms with Crippen molar-refractivity contribution in [2.45, 2.75) is 11.3 Å². The van der Waals surface area contributed by atoms with Gasteiger partial charge < -0.3 is 9.64 Å². The third kappa shape index (κ3) is 4.37. The van der Waals surface area contributed by atoms with Crippen molar-refractivity contribution in [3.05, 3.63) is 58.6 Å². The van der Waals surface area contributed by atoms with E-state index in [9.17, 15) is 18.5 Å². The zero-order valence-electron chi connectivity index (χ0n) is 14.9. The van der Waals surface area contributed by atoms with Crippen LogP contribution < -0.4 is 14.4 Å². The maximum atomic E-state index is 12.6. The monoisotopic (exact) mass is 391 g/mol. The standard InChI is InChI=1S/C18H21N3O5S/c1-26-17-11-16(21(22)23)7-8-18(17)27(24,25)19-12-14-9-10-20(13-14)15-5-3-2-4-6-15/h2-8,11,14,19H,9-10,12-13H2,1H3. The molecule has 8 nitrogen and oxygen atoms in total. The van der Waals surface area contributed by atoms with E-state index in [1.807, 2.05) is 30.3 Å². The number of nitro benzene ring substituents is 1. The van der Waals surface area contributed by atoms with Gasteiger partial charge in [0.1, 0.15) is 10.6 Å². The SMILES string of the molecule is COc1cc([N+](=O)[O-])ccc1S(=O)(=O)NCC1CCN(c2ccccc2)C1. The molecule has 0 aromatic heterocycles. The Morgan fingerprint density at radius 2 is 2.00 bits per heavy atom. The predicted octanol–water partition coefficient (Wildman–Crippen LogP) is 2.41. The van der Waals surface area contributed by atoms with Crippen LogP contribution in [-0.4, -0.2) is 40.1 Å². The van der Waals surface area contributed by atoms with Crippen LogP contribution in [0, 0.1) is 16.0 Å². The minimum absolute atomic E-state index is 0.0472. The average molecular weight is 391 g/mol. The summed E-state index contributed by atoms with van der Waals surface area (Å²) in [4.78, 5) is 12.4. The molecule has 1 aliphatic heterocycles. The van der Waals surface area contributed by atoms with Gasteiger partial charge in [-0.1, -0.05) is 18.2 Å². The molecule has 3 rings (SSSR count). The van der Waals surface area contributed by atoms with Crippen molar-refractivity contribution in [2.75, 3.05) is 31.6 Å². The van der Waals surface area contributed by atoms with E-state index in [-0.39, 0.29) is 22.3 Å². The number of anilines is 1. The van der Waals surface area contributed by atoms with E-state index in [0.29, 0.717) is 6.54 Å². The Labute approximate surface area is 158 Å². The molecule has 0 bridgehead atoms. The summed E-state index contributed by atoms with van der Waals surface area (Å²) in [5.41, 5.74) is 0.903. The van der Waals surface area contributed by atoms with Crippen LogP contribution in [0.3, 0.4) is 0 Å². The van der Waals surface area contributed by atoms with E-state index < -0.39 is 14.9 Å². The van der Waals surface area contributed by atoms with Crippen LogP contribution in [-0.2, 0) is 10.0 Å². The zero-order chi connectivity index (χ0) is 19.4. The Kier molecular flexibility index (Phi) is 5.62. The van der Waals surface area contributed by atoms with E-state index >= 15 is 0 Å². The first kappa shape index (κ1) is 19.1. The molecule has 2 aromatic rings. The molecule has 0 aliphatic carbocycles. The molecule has 1 fully saturated rings. The van der Waals surface area contributed by atoms with E-state index in [1.54, 1.807) is 0 Å². The maximum Gasteiger partial charge on any atom is 0.273 e. The first-order chi connectivity index (χ1) is 12.9. The van der Waals surface area contributed by atoms with Crippen LogP contribution in [0.1, 0.15) is 6.42 Å². The van der Waals surface area contributed by atoms with Gasteiger partial charge in [-0.2, -0.15) is 0 Å². The molecule has 9 heteroatoms. The topological polar surface area (TPSA) is 102 Å². The van der Waals surface area contributed by atoms with Gasteiger partial charge in [0, 0.05) is 31.4 Å². The zero-order valence-corrected chi connectivity index (χ0v) is 15.7. The van der Waals surface area contributed by atoms with E-state index in [4.69, 9.17) is 4.74 Å². The van der Waals surface area contributed by atoms with Crippen LogP contribution in [0.4, 0.5) is 11.4 Å². The Hall–Kier alpha value is -2.65. The van der Waals surface area contributed by atoms with Crippen LogP contribution in [0.2, 0.25) is 0 Å². The number of methoxy groups -OCH3 is 1. The molecule has 144 valence electrons. The molecule has 27 heavy (non-hydrogen) atoms. The van der Waals surface area contributed by atoms with E-state index in [2.05, 4.69) is 9.62 Å². The van der Waals surface area contributed by atoms with E-state index in [0.717, 1.165) is 37.3 Å². The largest absolute Gasteiger partial charge is 0.495 e. The molecule has 1 N–H and O–H groups in total. The number of non-ortho nitro benzene ring substituents is 1. The quantitative estimate of drug-likeness (QED) is 0.574. The lowest BCUT2D eigenvalue weighted by Crippen LogP contribution is -2.31. The molecular formula is C18H21N3O5S. The molecule has 1 heterocycles. The highest BCUT2D eigenvalue weighted by Crippen LogP contribution is 2.29. The normalized spacial score (nSPS) is 17.1. The number of nitrogens with one attached hydrogen (secondary N) is 1. The number of sulfonamides is 1. The summed E-state index contributed by atoms with van der Waals surface area (Å²) in [7, 11) is -2.55. The summed E-state index contributed by atoms with van der Waals surface area (Å²) in [6, 6.07) is 13.5. The number of ether oxygens (including phenoxy) is 1. The van der Waals surface area contributed by atoms with Crippen molar-refractivity contribution in [1.82, 2.24) is 4.72 Å². The number of para-hydroxylation sites is 1. The Morgan fingerprint density at radius 3 is 2.67 bits per heavy atom. The molecule has 1 saturated heterocycles. The lowest BCUT2D eigenvalue weighted by Gasteiger charge is -2.19. The second kappa shape index (κ2) is 7.93. The summed E-state index contributed by atoms with van der Waals surface area (Å²) >= 11 is 0. The van der Waals surface area contributed by atoms with Gasteiger partial charge in [-0.05, 0) is 30.5 Å². The van der Waals surface area contributed by atoms with Gasteiger partial charge in [-0.15, -0.1) is 0 Å². The number of hydrogen-bond donors (Lipinski definition) is 1. The fourth-order valence-electron chi connectivity index (χ4n) is 3.17. The van der Waals surface area contributed by atoms with Crippen LogP contribution in [0.15, 0.2) is 53.4 Å². The fraction of sp³-hybridized carbons (Fsp3) is 0.333. The summed E-state index contributed by atoms with van der Waals surface area (Å²) in [6.45, 7) is 1.94. The van der Waals surface area contributed by atoms with Crippen molar-refractivity contribution in [1.29, 1.82) is 0 Å². The second-order valence-corrected chi connectivity index (χ2v) is 8.12. The first-order valence-electron chi connectivity index (χ1n) is 8.53. The Morgan fingerprint density at radius 1 is 1.26 bits per heavy atom. The minimum Gasteiger partial charge on any atom is -0.495 e. The van der Waals surface area contributed by atoms with Gasteiger partial charge in [-0.3, -0.25) is 10.1 Å². The lowest BCUT2D eigenvalue weighted by atomic mass is 10.1. The van der Waals surface area contributed by atoms with Crippen molar-refractivity contribution in [3.8, 4) is 5.75 Å². The van der Waals surface area contributed by atoms with Crippen LogP contribution in [0.25, 0.3) is 0 Å². The Balaban J connectivity index is 1.66. The van der Waals surface area contributed by atoms with Crippen LogP contribution >= 0.6 is 0 Å². The third-order valence-electron chi connectivity index (χ3n) is 4.62. The molecular weight excluding hydrogens is 370 g/mol. The van der Waals surface area contributed by atoms with Crippen molar-refractivity contribution in [3.63, 3.8) is 0 Å². The smallest absolute Gasteiger partial charge is 0.273 e. The minimum atomic E-state index is -3.83. The molecule has 0 amide bonds. The third-order valence-corrected chi connectivity index (χ3v) is 6.08. The molecule has 0 radical (unpaired) electrons. The van der Waals surface area contributed by atoms with Crippen molar-refractivity contribution < 1.29 is 18.1 Å². The first-order valence-corrected chi connectivity index (χ1v) is 10.0. The summed E-state index contributed by atoms with van der Waals surface area (Å²) in [5, 5.41) is 10.9. The molecule has 1 aliphatic rings. The van der Waals surface area contributed by atoms with E-state index in [1.165, 1.54) is 13.2 Å². The van der Waals surface area contributed by atoms with Gasteiger partial charge in [0.2, 0.25) is 10.0 Å². The number of benzene rings is 2. The average Bonchev–Trinajstić information content (AvgIpc) is 3.16. The van der Waals surface area contributed by atoms with Crippen molar-refractivity contribution >= 4 is 21.4 Å². The van der Waals surface area contributed by atoms with Gasteiger partial charge >= 0.3 is 0 Å². The van der Waals surface area contributed by atoms with Crippen molar-refractivity contribution in [2.24, 2.45) is 5.92 Å². The van der Waals surface area contributed by atoms with Crippen LogP contribution in [0.5, 0.6) is 5.75 Å². The maximum absolute atomic E-state index is 12.6. The molecule has 2 aromatic carbocycles. The highest BCUT2D eigenvalue weighted by atomic mass is 32.2. The number of rotatable bonds is 7. The second-order valence-electron chi connectivity index (χ2n) is 6.38. The molecule has 1 atom stereocenters. The fourth-order valence-corrected chi connectivity index (χ4v) is 4.43. The van der Waals surface area contributed by atoms with Gasteiger partial charge in [0.25, 0.3) is 5.69 Å². The number of hydrogen-bond acceptors (Lipinski definition) is 6. The highest BCUT2D eigenvalue weighted by molar-refractivity contribution is 7.89. The number of nitro groups is 1. The lowest BCUT2D eigenvalue weighted by molar-refractivity contribution is -0.385. The van der Waals surface area contributed by atoms with Gasteiger partial charge in [-0.25, -0.2) is 13.1 Å².